The summed E-state index contributed by atoms with van der Waals surface area (Å²) in [6.07, 6.45) is -9.48. The van der Waals surface area contributed by atoms with Crippen LogP contribution in [-0.4, -0.2) is 42.0 Å². The van der Waals surface area contributed by atoms with Crippen molar-refractivity contribution in [2.45, 2.75) is 68.6 Å². The standard InChI is InChI=1S/C16H17F9O4/c17-13(18,14(19,20)15(21,22)16(23,24)25)8-10(9-4-2-1-3-5-9)29-12(28)7-6-11(26)27/h6-7,9-10H,1-5,8H2,(H,26,27)/p-1. The number of alkyl halides is 9. The summed E-state index contributed by atoms with van der Waals surface area (Å²) in [7, 11) is 0. The van der Waals surface area contributed by atoms with Crippen LogP contribution in [0.4, 0.5) is 39.5 Å². The largest absolute Gasteiger partial charge is 0.545 e. The van der Waals surface area contributed by atoms with Crippen molar-refractivity contribution in [3.05, 3.63) is 12.2 Å². The van der Waals surface area contributed by atoms with Gasteiger partial charge in [0, 0.05) is 6.08 Å². The van der Waals surface area contributed by atoms with Gasteiger partial charge < -0.3 is 14.6 Å². The third-order valence-electron chi connectivity index (χ3n) is 4.47. The zero-order chi connectivity index (χ0) is 22.7. The molecule has 0 N–H and O–H groups in total. The maximum atomic E-state index is 14.0. The van der Waals surface area contributed by atoms with Gasteiger partial charge in [0.1, 0.15) is 6.10 Å². The third-order valence-corrected chi connectivity index (χ3v) is 4.47. The predicted molar refractivity (Wildman–Crippen MR) is 76.1 cm³/mol. The molecule has 1 aliphatic carbocycles. The van der Waals surface area contributed by atoms with E-state index in [1.165, 1.54) is 0 Å². The molecule has 0 amide bonds. The lowest BCUT2D eigenvalue weighted by molar-refractivity contribution is -0.398. The molecule has 0 spiro atoms. The second-order valence-corrected chi connectivity index (χ2v) is 6.58. The number of hydrogen-bond acceptors (Lipinski definition) is 4. The Morgan fingerprint density at radius 1 is 0.897 bits per heavy atom. The second kappa shape index (κ2) is 8.82. The maximum absolute atomic E-state index is 14.0. The number of carbonyl (C=O) groups is 2. The molecular formula is C16H16F9O4-. The molecule has 0 aliphatic heterocycles. The molecular weight excluding hydrogens is 427 g/mol. The van der Waals surface area contributed by atoms with Crippen LogP contribution >= 0.6 is 0 Å². The van der Waals surface area contributed by atoms with Crippen molar-refractivity contribution < 1.29 is 58.9 Å². The summed E-state index contributed by atoms with van der Waals surface area (Å²) in [5, 5.41) is 10.2. The Morgan fingerprint density at radius 2 is 1.41 bits per heavy atom. The van der Waals surface area contributed by atoms with Crippen molar-refractivity contribution in [1.29, 1.82) is 0 Å². The average molecular weight is 443 g/mol. The van der Waals surface area contributed by atoms with Crippen LogP contribution in [0.3, 0.4) is 0 Å². The molecule has 4 nitrogen and oxygen atoms in total. The summed E-state index contributed by atoms with van der Waals surface area (Å²) in [6.45, 7) is 0. The van der Waals surface area contributed by atoms with Crippen LogP contribution in [-0.2, 0) is 14.3 Å². The van der Waals surface area contributed by atoms with Gasteiger partial charge in [-0.2, -0.15) is 39.5 Å². The lowest BCUT2D eigenvalue weighted by Gasteiger charge is -2.37. The summed E-state index contributed by atoms with van der Waals surface area (Å²) in [6, 6.07) is 0. The molecule has 0 aromatic carbocycles. The Hall–Kier alpha value is -1.95. The fraction of sp³-hybridized carbons (Fsp3) is 0.750. The van der Waals surface area contributed by atoms with Crippen LogP contribution in [0.1, 0.15) is 38.5 Å². The molecule has 1 fully saturated rings. The molecule has 1 aliphatic rings. The minimum Gasteiger partial charge on any atom is -0.545 e. The Kier molecular flexibility index (Phi) is 7.63. The molecule has 0 saturated heterocycles. The number of carbonyl (C=O) groups excluding carboxylic acids is 2. The van der Waals surface area contributed by atoms with Crippen LogP contribution < -0.4 is 5.11 Å². The molecule has 1 saturated carbocycles. The molecule has 168 valence electrons. The van der Waals surface area contributed by atoms with Gasteiger partial charge in [-0.1, -0.05) is 19.3 Å². The molecule has 29 heavy (non-hydrogen) atoms. The number of halogens is 9. The van der Waals surface area contributed by atoms with Crippen LogP contribution in [0, 0.1) is 5.92 Å². The third kappa shape index (κ3) is 5.78. The summed E-state index contributed by atoms with van der Waals surface area (Å²) >= 11 is 0. The highest BCUT2D eigenvalue weighted by atomic mass is 19.4. The molecule has 13 heteroatoms. The minimum absolute atomic E-state index is 0.0689. The first-order valence-electron chi connectivity index (χ1n) is 8.33. The van der Waals surface area contributed by atoms with E-state index in [0.717, 1.165) is 0 Å². The molecule has 1 atom stereocenters. The second-order valence-electron chi connectivity index (χ2n) is 6.58. The highest BCUT2D eigenvalue weighted by Gasteiger charge is 2.81. The number of rotatable bonds is 8. The fourth-order valence-electron chi connectivity index (χ4n) is 2.92. The van der Waals surface area contributed by atoms with Crippen molar-refractivity contribution in [3.8, 4) is 0 Å². The highest BCUT2D eigenvalue weighted by Crippen LogP contribution is 2.55. The summed E-state index contributed by atoms with van der Waals surface area (Å²) in [5.41, 5.74) is 0. The Balaban J connectivity index is 3.15. The molecule has 0 radical (unpaired) electrons. The quantitative estimate of drug-likeness (QED) is 0.327. The Morgan fingerprint density at radius 3 is 1.86 bits per heavy atom. The first-order valence-corrected chi connectivity index (χ1v) is 8.33. The minimum atomic E-state index is -7.04. The number of carboxylic acids is 1. The first kappa shape index (κ1) is 25.1. The van der Waals surface area contributed by atoms with E-state index in [1.807, 2.05) is 0 Å². The Bertz CT molecular complexity index is 622. The maximum Gasteiger partial charge on any atom is 0.460 e. The van der Waals surface area contributed by atoms with Gasteiger partial charge in [-0.05, 0) is 24.8 Å². The van der Waals surface area contributed by atoms with Gasteiger partial charge in [-0.25, -0.2) is 4.79 Å². The SMILES string of the molecule is O=C([O-])C=CC(=O)OC(CC(F)(F)C(F)(F)C(F)(F)C(F)(F)F)C1CCCCC1. The van der Waals surface area contributed by atoms with Gasteiger partial charge in [-0.15, -0.1) is 0 Å². The van der Waals surface area contributed by atoms with Gasteiger partial charge in [0.2, 0.25) is 0 Å². The summed E-state index contributed by atoms with van der Waals surface area (Å²) in [4.78, 5) is 21.8. The monoisotopic (exact) mass is 443 g/mol. The van der Waals surface area contributed by atoms with Gasteiger partial charge in [0.05, 0.1) is 12.4 Å². The number of ether oxygens (including phenoxy) is 1. The number of aliphatic carboxylic acids is 1. The van der Waals surface area contributed by atoms with Gasteiger partial charge in [0.15, 0.2) is 0 Å². The molecule has 0 heterocycles. The van der Waals surface area contributed by atoms with E-state index in [-0.39, 0.29) is 25.0 Å². The number of carboxylic acid groups (broad SMARTS) is 1. The molecule has 0 aromatic rings. The summed E-state index contributed by atoms with van der Waals surface area (Å²) < 4.78 is 122. The topological polar surface area (TPSA) is 66.4 Å². The van der Waals surface area contributed by atoms with Gasteiger partial charge >= 0.3 is 29.9 Å². The van der Waals surface area contributed by atoms with Gasteiger partial charge in [0.25, 0.3) is 0 Å². The number of hydrogen-bond donors (Lipinski definition) is 0. The highest BCUT2D eigenvalue weighted by molar-refractivity contribution is 5.89. The van der Waals surface area contributed by atoms with Crippen molar-refractivity contribution in [2.75, 3.05) is 0 Å². The predicted octanol–water partition coefficient (Wildman–Crippen LogP) is 3.64. The molecule has 0 bridgehead atoms. The normalized spacial score (nSPS) is 18.7. The summed E-state index contributed by atoms with van der Waals surface area (Å²) in [5.74, 6) is -24.2. The van der Waals surface area contributed by atoms with E-state index in [0.29, 0.717) is 19.3 Å². The van der Waals surface area contributed by atoms with Crippen LogP contribution in [0.2, 0.25) is 0 Å². The van der Waals surface area contributed by atoms with E-state index >= 15 is 0 Å². The van der Waals surface area contributed by atoms with E-state index in [9.17, 15) is 54.2 Å². The van der Waals surface area contributed by atoms with Crippen molar-refractivity contribution in [1.82, 2.24) is 0 Å². The van der Waals surface area contributed by atoms with Crippen molar-refractivity contribution in [3.63, 3.8) is 0 Å². The Labute approximate surface area is 158 Å². The zero-order valence-corrected chi connectivity index (χ0v) is 14.6. The average Bonchev–Trinajstić information content (AvgIpc) is 2.58. The van der Waals surface area contributed by atoms with Crippen LogP contribution in [0.5, 0.6) is 0 Å². The molecule has 0 aromatic heterocycles. The van der Waals surface area contributed by atoms with Crippen molar-refractivity contribution in [2.24, 2.45) is 5.92 Å². The van der Waals surface area contributed by atoms with E-state index < -0.39 is 54.3 Å². The van der Waals surface area contributed by atoms with Crippen LogP contribution in [0.25, 0.3) is 0 Å². The lowest BCUT2D eigenvalue weighted by atomic mass is 9.82. The van der Waals surface area contributed by atoms with E-state index in [1.54, 1.807) is 0 Å². The zero-order valence-electron chi connectivity index (χ0n) is 14.6. The van der Waals surface area contributed by atoms with Gasteiger partial charge in [-0.3, -0.25) is 0 Å². The van der Waals surface area contributed by atoms with E-state index in [2.05, 4.69) is 4.74 Å². The first-order chi connectivity index (χ1) is 13.0. The molecule has 1 unspecified atom stereocenters. The number of esters is 1. The lowest BCUT2D eigenvalue weighted by Crippen LogP contribution is -2.61. The van der Waals surface area contributed by atoms with Crippen LogP contribution in [0.15, 0.2) is 12.2 Å². The smallest absolute Gasteiger partial charge is 0.460 e. The molecule has 1 rings (SSSR count). The fourth-order valence-corrected chi connectivity index (χ4v) is 2.92. The van der Waals surface area contributed by atoms with E-state index in [4.69, 9.17) is 0 Å². The van der Waals surface area contributed by atoms with Crippen molar-refractivity contribution >= 4 is 11.9 Å².